The normalized spacial score (nSPS) is 12.8. The standard InChI is InChI=1S/C15H23NO4S/c1-6-7-16-13(17)9(2)20-10-8-11(15(3,4)5)21-12(10)14(18)19/h8-9H,6-7H2,1-5H3,(H,16,17)(H,18,19). The SMILES string of the molecule is CCCNC(=O)C(C)Oc1cc(C(C)(C)C)sc1C(=O)O. The fourth-order valence-electron chi connectivity index (χ4n) is 1.62. The number of amides is 1. The Morgan fingerprint density at radius 2 is 2.05 bits per heavy atom. The number of carbonyl (C=O) groups is 2. The third kappa shape index (κ3) is 4.74. The molecule has 0 saturated carbocycles. The van der Waals surface area contributed by atoms with Gasteiger partial charge in [-0.2, -0.15) is 0 Å². The van der Waals surface area contributed by atoms with E-state index in [1.807, 2.05) is 27.7 Å². The molecule has 0 aromatic carbocycles. The van der Waals surface area contributed by atoms with Gasteiger partial charge < -0.3 is 15.2 Å². The number of carbonyl (C=O) groups excluding carboxylic acids is 1. The van der Waals surface area contributed by atoms with Crippen LogP contribution in [0.25, 0.3) is 0 Å². The number of hydrogen-bond donors (Lipinski definition) is 2. The van der Waals surface area contributed by atoms with Gasteiger partial charge in [0.2, 0.25) is 0 Å². The van der Waals surface area contributed by atoms with Gasteiger partial charge >= 0.3 is 5.97 Å². The number of carboxylic acids is 1. The van der Waals surface area contributed by atoms with E-state index in [0.717, 1.165) is 11.3 Å². The lowest BCUT2D eigenvalue weighted by Crippen LogP contribution is -2.36. The second-order valence-corrected chi connectivity index (χ2v) is 6.96. The van der Waals surface area contributed by atoms with Crippen molar-refractivity contribution >= 4 is 23.2 Å². The van der Waals surface area contributed by atoms with Crippen LogP contribution >= 0.6 is 11.3 Å². The van der Waals surface area contributed by atoms with Crippen LogP contribution in [0.15, 0.2) is 6.07 Å². The van der Waals surface area contributed by atoms with Crippen molar-refractivity contribution in [2.45, 2.75) is 52.6 Å². The Labute approximate surface area is 129 Å². The van der Waals surface area contributed by atoms with E-state index in [9.17, 15) is 14.7 Å². The molecule has 6 heteroatoms. The Bertz CT molecular complexity index is 516. The highest BCUT2D eigenvalue weighted by Gasteiger charge is 2.25. The second-order valence-electron chi connectivity index (χ2n) is 5.91. The summed E-state index contributed by atoms with van der Waals surface area (Å²) in [5.74, 6) is -1.01. The van der Waals surface area contributed by atoms with Gasteiger partial charge in [0.15, 0.2) is 11.0 Å². The minimum absolute atomic E-state index is 0.134. The Morgan fingerprint density at radius 3 is 2.52 bits per heavy atom. The molecule has 0 spiro atoms. The maximum Gasteiger partial charge on any atom is 0.349 e. The summed E-state index contributed by atoms with van der Waals surface area (Å²) < 4.78 is 5.56. The smallest absolute Gasteiger partial charge is 0.349 e. The van der Waals surface area contributed by atoms with Crippen molar-refractivity contribution in [3.8, 4) is 5.75 Å². The van der Waals surface area contributed by atoms with Crippen LogP contribution in [0.2, 0.25) is 0 Å². The number of rotatable bonds is 6. The molecule has 0 saturated heterocycles. The highest BCUT2D eigenvalue weighted by molar-refractivity contribution is 7.14. The monoisotopic (exact) mass is 313 g/mol. The topological polar surface area (TPSA) is 75.6 Å². The van der Waals surface area contributed by atoms with Crippen molar-refractivity contribution < 1.29 is 19.4 Å². The van der Waals surface area contributed by atoms with Gasteiger partial charge in [0.25, 0.3) is 5.91 Å². The summed E-state index contributed by atoms with van der Waals surface area (Å²) in [4.78, 5) is 24.2. The van der Waals surface area contributed by atoms with Gasteiger partial charge in [-0.15, -0.1) is 11.3 Å². The number of thiophene rings is 1. The van der Waals surface area contributed by atoms with Crippen LogP contribution in [-0.4, -0.2) is 29.6 Å². The van der Waals surface area contributed by atoms with Crippen LogP contribution in [0.1, 0.15) is 55.6 Å². The molecular formula is C15H23NO4S. The van der Waals surface area contributed by atoms with Crippen molar-refractivity contribution in [1.29, 1.82) is 0 Å². The van der Waals surface area contributed by atoms with Gasteiger partial charge in [0, 0.05) is 11.4 Å². The van der Waals surface area contributed by atoms with E-state index in [2.05, 4.69) is 5.32 Å². The molecule has 0 aliphatic heterocycles. The molecule has 1 rings (SSSR count). The van der Waals surface area contributed by atoms with Gasteiger partial charge in [0.1, 0.15) is 5.75 Å². The lowest BCUT2D eigenvalue weighted by atomic mass is 9.95. The molecule has 0 bridgehead atoms. The first kappa shape index (κ1) is 17.5. The Balaban J connectivity index is 2.94. The number of nitrogens with one attached hydrogen (secondary N) is 1. The van der Waals surface area contributed by atoms with Gasteiger partial charge in [-0.25, -0.2) is 4.79 Å². The summed E-state index contributed by atoms with van der Waals surface area (Å²) in [5.41, 5.74) is -0.163. The van der Waals surface area contributed by atoms with Crippen molar-refractivity contribution in [2.24, 2.45) is 0 Å². The van der Waals surface area contributed by atoms with E-state index < -0.39 is 12.1 Å². The van der Waals surface area contributed by atoms with Crippen LogP contribution in [0, 0.1) is 0 Å². The van der Waals surface area contributed by atoms with Crippen molar-refractivity contribution in [3.05, 3.63) is 15.8 Å². The lowest BCUT2D eigenvalue weighted by molar-refractivity contribution is -0.127. The van der Waals surface area contributed by atoms with Crippen LogP contribution in [0.5, 0.6) is 5.75 Å². The predicted octanol–water partition coefficient (Wildman–Crippen LogP) is 3.04. The van der Waals surface area contributed by atoms with Gasteiger partial charge in [-0.3, -0.25) is 4.79 Å². The molecule has 21 heavy (non-hydrogen) atoms. The average Bonchev–Trinajstić information content (AvgIpc) is 2.79. The zero-order valence-electron chi connectivity index (χ0n) is 13.1. The molecule has 0 radical (unpaired) electrons. The summed E-state index contributed by atoms with van der Waals surface area (Å²) in [5, 5.41) is 12.0. The minimum atomic E-state index is -1.04. The summed E-state index contributed by atoms with van der Waals surface area (Å²) in [6, 6.07) is 1.72. The van der Waals surface area contributed by atoms with Crippen molar-refractivity contribution in [1.82, 2.24) is 5.32 Å². The maximum absolute atomic E-state index is 11.8. The highest BCUT2D eigenvalue weighted by Crippen LogP contribution is 2.37. The van der Waals surface area contributed by atoms with Crippen LogP contribution in [-0.2, 0) is 10.2 Å². The molecule has 1 aromatic heterocycles. The lowest BCUT2D eigenvalue weighted by Gasteiger charge is -2.15. The second kappa shape index (κ2) is 6.93. The molecule has 1 heterocycles. The van der Waals surface area contributed by atoms with Gasteiger partial charge in [-0.1, -0.05) is 27.7 Å². The summed E-state index contributed by atoms with van der Waals surface area (Å²) in [6.45, 7) is 10.2. The zero-order chi connectivity index (χ0) is 16.2. The molecule has 0 aliphatic rings. The average molecular weight is 313 g/mol. The number of ether oxygens (including phenoxy) is 1. The number of aromatic carboxylic acids is 1. The maximum atomic E-state index is 11.8. The van der Waals surface area contributed by atoms with E-state index >= 15 is 0 Å². The largest absolute Gasteiger partial charge is 0.479 e. The van der Waals surface area contributed by atoms with Crippen LogP contribution < -0.4 is 10.1 Å². The molecule has 1 aromatic rings. The molecule has 1 atom stereocenters. The molecule has 0 fully saturated rings. The summed E-state index contributed by atoms with van der Waals surface area (Å²) in [7, 11) is 0. The summed E-state index contributed by atoms with van der Waals surface area (Å²) >= 11 is 1.19. The molecule has 5 nitrogen and oxygen atoms in total. The van der Waals surface area contributed by atoms with Crippen molar-refractivity contribution in [3.63, 3.8) is 0 Å². The molecule has 1 unspecified atom stereocenters. The van der Waals surface area contributed by atoms with E-state index in [1.165, 1.54) is 11.3 Å². The molecule has 0 aliphatic carbocycles. The Morgan fingerprint density at radius 1 is 1.43 bits per heavy atom. The first-order valence-corrected chi connectivity index (χ1v) is 7.80. The zero-order valence-corrected chi connectivity index (χ0v) is 14.0. The third-order valence-corrected chi connectivity index (χ3v) is 4.38. The summed E-state index contributed by atoms with van der Waals surface area (Å²) in [6.07, 6.45) is 0.114. The van der Waals surface area contributed by atoms with Crippen LogP contribution in [0.3, 0.4) is 0 Å². The molecule has 118 valence electrons. The first-order valence-electron chi connectivity index (χ1n) is 6.98. The van der Waals surface area contributed by atoms with Gasteiger partial charge in [-0.05, 0) is 24.8 Å². The fourth-order valence-corrected chi connectivity index (χ4v) is 2.60. The Hall–Kier alpha value is -1.56. The van der Waals surface area contributed by atoms with Gasteiger partial charge in [0.05, 0.1) is 0 Å². The third-order valence-electron chi connectivity index (χ3n) is 2.85. The predicted molar refractivity (Wildman–Crippen MR) is 83.4 cm³/mol. The fraction of sp³-hybridized carbons (Fsp3) is 0.600. The minimum Gasteiger partial charge on any atom is -0.479 e. The quantitative estimate of drug-likeness (QED) is 0.846. The van der Waals surface area contributed by atoms with E-state index in [0.29, 0.717) is 6.54 Å². The molecule has 1 amide bonds. The highest BCUT2D eigenvalue weighted by atomic mass is 32.1. The van der Waals surface area contributed by atoms with Crippen LogP contribution in [0.4, 0.5) is 0 Å². The van der Waals surface area contributed by atoms with E-state index in [-0.39, 0.29) is 21.9 Å². The number of hydrogen-bond acceptors (Lipinski definition) is 4. The molecule has 2 N–H and O–H groups in total. The first-order chi connectivity index (χ1) is 9.66. The van der Waals surface area contributed by atoms with E-state index in [1.54, 1.807) is 13.0 Å². The van der Waals surface area contributed by atoms with Crippen molar-refractivity contribution in [2.75, 3.05) is 6.54 Å². The Kier molecular flexibility index (Phi) is 5.78. The molecular weight excluding hydrogens is 290 g/mol. The van der Waals surface area contributed by atoms with E-state index in [4.69, 9.17) is 4.74 Å². The number of carboxylic acid groups (broad SMARTS) is 1.